The summed E-state index contributed by atoms with van der Waals surface area (Å²) >= 11 is 0. The molecule has 3 aromatic rings. The van der Waals surface area contributed by atoms with Gasteiger partial charge in [0.05, 0.1) is 11.9 Å². The lowest BCUT2D eigenvalue weighted by Gasteiger charge is -2.19. The van der Waals surface area contributed by atoms with E-state index in [0.717, 1.165) is 24.4 Å². The van der Waals surface area contributed by atoms with Gasteiger partial charge < -0.3 is 5.32 Å². The van der Waals surface area contributed by atoms with E-state index in [-0.39, 0.29) is 12.1 Å². The molecule has 4 rings (SSSR count). The number of nitrogens with zero attached hydrogens (tertiary/aromatic N) is 2. The standard InChI is InChI=1S/C22H21N3/c1-3-9-17(10-4-1)21-22(18-11-5-2-6-12-18)25-20(24-21)15-14-19-13-7-8-16-23-19/h1-13,16,21-22H,14-15H2,(H,24,25). The van der Waals surface area contributed by atoms with Crippen LogP contribution < -0.4 is 5.32 Å². The molecular formula is C22H21N3. The Morgan fingerprint density at radius 3 is 2.08 bits per heavy atom. The minimum Gasteiger partial charge on any atom is -0.364 e. The van der Waals surface area contributed by atoms with Crippen molar-refractivity contribution in [3.63, 3.8) is 0 Å². The molecule has 0 aliphatic carbocycles. The lowest BCUT2D eigenvalue weighted by Crippen LogP contribution is -2.24. The van der Waals surface area contributed by atoms with Gasteiger partial charge >= 0.3 is 0 Å². The van der Waals surface area contributed by atoms with Gasteiger partial charge in [-0.15, -0.1) is 0 Å². The maximum atomic E-state index is 5.01. The molecule has 1 aromatic heterocycles. The molecule has 2 heterocycles. The average Bonchev–Trinajstić information content (AvgIpc) is 3.13. The van der Waals surface area contributed by atoms with Gasteiger partial charge in [-0.05, 0) is 29.7 Å². The lowest BCUT2D eigenvalue weighted by atomic mass is 9.95. The topological polar surface area (TPSA) is 37.3 Å². The number of aromatic nitrogens is 1. The number of pyridine rings is 1. The van der Waals surface area contributed by atoms with E-state index in [1.807, 2.05) is 18.3 Å². The van der Waals surface area contributed by atoms with Crippen LogP contribution in [0.1, 0.15) is 35.3 Å². The number of hydrogen-bond acceptors (Lipinski definition) is 3. The number of amidine groups is 1. The third-order valence-corrected chi connectivity index (χ3v) is 4.58. The van der Waals surface area contributed by atoms with Gasteiger partial charge in [0.1, 0.15) is 6.04 Å². The Bertz CT molecular complexity index is 829. The molecule has 0 spiro atoms. The van der Waals surface area contributed by atoms with E-state index in [0.29, 0.717) is 0 Å². The maximum Gasteiger partial charge on any atom is 0.101 e. The van der Waals surface area contributed by atoms with Crippen molar-refractivity contribution in [2.45, 2.75) is 24.9 Å². The first-order valence-corrected chi connectivity index (χ1v) is 8.73. The molecule has 0 saturated heterocycles. The molecule has 0 saturated carbocycles. The van der Waals surface area contributed by atoms with Gasteiger partial charge in [0.15, 0.2) is 0 Å². The molecule has 2 aromatic carbocycles. The zero-order valence-corrected chi connectivity index (χ0v) is 14.0. The molecule has 3 heteroatoms. The minimum atomic E-state index is 0.113. The second kappa shape index (κ2) is 7.31. The van der Waals surface area contributed by atoms with Gasteiger partial charge in [0, 0.05) is 18.3 Å². The van der Waals surface area contributed by atoms with Crippen molar-refractivity contribution in [3.05, 3.63) is 102 Å². The molecule has 2 unspecified atom stereocenters. The number of aryl methyl sites for hydroxylation is 1. The van der Waals surface area contributed by atoms with Crippen LogP contribution in [0.2, 0.25) is 0 Å². The fourth-order valence-electron chi connectivity index (χ4n) is 3.31. The number of benzene rings is 2. The van der Waals surface area contributed by atoms with Gasteiger partial charge in [0.2, 0.25) is 0 Å². The van der Waals surface area contributed by atoms with Crippen LogP contribution in [0.25, 0.3) is 0 Å². The fourth-order valence-corrected chi connectivity index (χ4v) is 3.31. The van der Waals surface area contributed by atoms with Gasteiger partial charge in [-0.1, -0.05) is 66.7 Å². The highest BCUT2D eigenvalue weighted by Crippen LogP contribution is 2.36. The van der Waals surface area contributed by atoms with E-state index >= 15 is 0 Å². The molecule has 0 radical (unpaired) electrons. The van der Waals surface area contributed by atoms with Crippen LogP contribution in [0.3, 0.4) is 0 Å². The summed E-state index contributed by atoms with van der Waals surface area (Å²) in [5.74, 6) is 1.06. The van der Waals surface area contributed by atoms with E-state index in [9.17, 15) is 0 Å². The normalized spacial score (nSPS) is 19.3. The zero-order chi connectivity index (χ0) is 16.9. The highest BCUT2D eigenvalue weighted by Gasteiger charge is 2.30. The molecular weight excluding hydrogens is 306 g/mol. The van der Waals surface area contributed by atoms with Crippen LogP contribution in [0.15, 0.2) is 90.1 Å². The second-order valence-corrected chi connectivity index (χ2v) is 6.29. The molecule has 2 atom stereocenters. The first-order chi connectivity index (χ1) is 12.4. The molecule has 0 amide bonds. The van der Waals surface area contributed by atoms with Crippen molar-refractivity contribution in [3.8, 4) is 0 Å². The molecule has 3 nitrogen and oxygen atoms in total. The summed E-state index contributed by atoms with van der Waals surface area (Å²) in [6, 6.07) is 27.5. The van der Waals surface area contributed by atoms with Crippen LogP contribution in [0.4, 0.5) is 0 Å². The summed E-state index contributed by atoms with van der Waals surface area (Å²) in [5.41, 5.74) is 3.62. The summed E-state index contributed by atoms with van der Waals surface area (Å²) in [6.45, 7) is 0. The van der Waals surface area contributed by atoms with Crippen molar-refractivity contribution >= 4 is 5.84 Å². The summed E-state index contributed by atoms with van der Waals surface area (Å²) in [4.78, 5) is 9.42. The Balaban J connectivity index is 1.57. The number of nitrogens with one attached hydrogen (secondary N) is 1. The Morgan fingerprint density at radius 2 is 1.40 bits per heavy atom. The summed E-state index contributed by atoms with van der Waals surface area (Å²) in [7, 11) is 0. The Labute approximate surface area is 148 Å². The Morgan fingerprint density at radius 1 is 0.720 bits per heavy atom. The minimum absolute atomic E-state index is 0.113. The third kappa shape index (κ3) is 3.61. The Kier molecular flexibility index (Phi) is 4.55. The highest BCUT2D eigenvalue weighted by atomic mass is 15.1. The van der Waals surface area contributed by atoms with E-state index in [2.05, 4.69) is 77.0 Å². The predicted molar refractivity (Wildman–Crippen MR) is 101 cm³/mol. The highest BCUT2D eigenvalue weighted by molar-refractivity contribution is 5.85. The molecule has 25 heavy (non-hydrogen) atoms. The molecule has 124 valence electrons. The number of aliphatic imine (C=N–C) groups is 1. The summed E-state index contributed by atoms with van der Waals surface area (Å²) in [5, 5.41) is 3.65. The fraction of sp³-hybridized carbons (Fsp3) is 0.182. The molecule has 1 N–H and O–H groups in total. The van der Waals surface area contributed by atoms with E-state index < -0.39 is 0 Å². The molecule has 1 aliphatic rings. The lowest BCUT2D eigenvalue weighted by molar-refractivity contribution is 0.571. The van der Waals surface area contributed by atoms with E-state index in [1.54, 1.807) is 0 Å². The van der Waals surface area contributed by atoms with Crippen LogP contribution in [-0.4, -0.2) is 10.8 Å². The number of hydrogen-bond donors (Lipinski definition) is 1. The molecule has 0 fully saturated rings. The van der Waals surface area contributed by atoms with Gasteiger partial charge in [-0.3, -0.25) is 9.98 Å². The quantitative estimate of drug-likeness (QED) is 0.749. The monoisotopic (exact) mass is 327 g/mol. The van der Waals surface area contributed by atoms with Crippen molar-refractivity contribution < 1.29 is 0 Å². The van der Waals surface area contributed by atoms with Crippen LogP contribution in [0.5, 0.6) is 0 Å². The smallest absolute Gasteiger partial charge is 0.101 e. The van der Waals surface area contributed by atoms with Crippen LogP contribution >= 0.6 is 0 Å². The van der Waals surface area contributed by atoms with E-state index in [1.165, 1.54) is 11.1 Å². The van der Waals surface area contributed by atoms with Crippen LogP contribution in [0, 0.1) is 0 Å². The SMILES string of the molecule is c1ccc(C2N=C(CCc3ccccn3)NC2c2ccccc2)cc1. The first-order valence-electron chi connectivity index (χ1n) is 8.73. The van der Waals surface area contributed by atoms with Gasteiger partial charge in [0.25, 0.3) is 0 Å². The van der Waals surface area contributed by atoms with Crippen molar-refractivity contribution in [1.29, 1.82) is 0 Å². The summed E-state index contributed by atoms with van der Waals surface area (Å²) < 4.78 is 0. The average molecular weight is 327 g/mol. The predicted octanol–water partition coefficient (Wildman–Crippen LogP) is 4.50. The van der Waals surface area contributed by atoms with Crippen molar-refractivity contribution in [1.82, 2.24) is 10.3 Å². The second-order valence-electron chi connectivity index (χ2n) is 6.29. The van der Waals surface area contributed by atoms with E-state index in [4.69, 9.17) is 4.99 Å². The zero-order valence-electron chi connectivity index (χ0n) is 14.0. The third-order valence-electron chi connectivity index (χ3n) is 4.58. The maximum absolute atomic E-state index is 5.01. The number of rotatable bonds is 5. The van der Waals surface area contributed by atoms with Crippen LogP contribution in [-0.2, 0) is 6.42 Å². The molecule has 1 aliphatic heterocycles. The first kappa shape index (κ1) is 15.6. The van der Waals surface area contributed by atoms with Crippen molar-refractivity contribution in [2.24, 2.45) is 4.99 Å². The Hall–Kier alpha value is -2.94. The molecule has 0 bridgehead atoms. The van der Waals surface area contributed by atoms with Gasteiger partial charge in [-0.2, -0.15) is 0 Å². The summed E-state index contributed by atoms with van der Waals surface area (Å²) in [6.07, 6.45) is 3.62. The van der Waals surface area contributed by atoms with Gasteiger partial charge in [-0.25, -0.2) is 0 Å². The largest absolute Gasteiger partial charge is 0.364 e. The van der Waals surface area contributed by atoms with Crippen molar-refractivity contribution in [2.75, 3.05) is 0 Å².